The molecular formula is C27H30FN5. The highest BCUT2D eigenvalue weighted by atomic mass is 19.1. The zero-order valence-corrected chi connectivity index (χ0v) is 19.3. The van der Waals surface area contributed by atoms with Crippen LogP contribution in [0.3, 0.4) is 0 Å². The fraction of sp³-hybridized carbons (Fsp3) is 0.259. The van der Waals surface area contributed by atoms with Gasteiger partial charge >= 0.3 is 0 Å². The molecule has 0 bridgehead atoms. The molecule has 1 aliphatic heterocycles. The fourth-order valence-electron chi connectivity index (χ4n) is 4.11. The van der Waals surface area contributed by atoms with E-state index in [1.165, 1.54) is 17.7 Å². The first-order valence-corrected chi connectivity index (χ1v) is 11.3. The van der Waals surface area contributed by atoms with Gasteiger partial charge in [0.2, 0.25) is 0 Å². The summed E-state index contributed by atoms with van der Waals surface area (Å²) in [6, 6.07) is 10.6. The fourth-order valence-corrected chi connectivity index (χ4v) is 4.11. The molecule has 0 radical (unpaired) electrons. The third-order valence-electron chi connectivity index (χ3n) is 6.09. The van der Waals surface area contributed by atoms with Crippen molar-refractivity contribution in [3.05, 3.63) is 108 Å². The second-order valence-electron chi connectivity index (χ2n) is 8.20. The van der Waals surface area contributed by atoms with E-state index in [2.05, 4.69) is 39.5 Å². The minimum atomic E-state index is -0.231. The molecule has 0 atom stereocenters. The summed E-state index contributed by atoms with van der Waals surface area (Å²) in [7, 11) is 0. The number of aromatic nitrogens is 3. The Labute approximate surface area is 195 Å². The lowest BCUT2D eigenvalue weighted by Gasteiger charge is -2.37. The van der Waals surface area contributed by atoms with Gasteiger partial charge in [-0.1, -0.05) is 36.9 Å². The van der Waals surface area contributed by atoms with E-state index in [4.69, 9.17) is 0 Å². The predicted octanol–water partition coefficient (Wildman–Crippen LogP) is 5.01. The lowest BCUT2D eigenvalue weighted by molar-refractivity contribution is 0.157. The molecule has 3 aromatic rings. The van der Waals surface area contributed by atoms with Crippen LogP contribution in [0.1, 0.15) is 23.7 Å². The number of piperazine rings is 1. The molecule has 0 N–H and O–H groups in total. The average Bonchev–Trinajstić information content (AvgIpc) is 3.21. The molecule has 1 saturated heterocycles. The maximum Gasteiger partial charge on any atom is 0.123 e. The summed E-state index contributed by atoms with van der Waals surface area (Å²) in [4.78, 5) is 8.87. The highest BCUT2D eigenvalue weighted by molar-refractivity contribution is 5.79. The summed E-state index contributed by atoms with van der Waals surface area (Å²) >= 11 is 0. The monoisotopic (exact) mass is 443 g/mol. The van der Waals surface area contributed by atoms with Gasteiger partial charge in [-0.25, -0.2) is 9.07 Å². The van der Waals surface area contributed by atoms with E-state index in [1.54, 1.807) is 12.4 Å². The molecule has 0 aliphatic carbocycles. The van der Waals surface area contributed by atoms with Crippen LogP contribution in [0.25, 0.3) is 11.3 Å². The Balaban J connectivity index is 1.40. The summed E-state index contributed by atoms with van der Waals surface area (Å²) in [5.41, 5.74) is 6.38. The lowest BCUT2D eigenvalue weighted by Crippen LogP contribution is -2.45. The van der Waals surface area contributed by atoms with E-state index in [-0.39, 0.29) is 5.82 Å². The molecule has 0 spiro atoms. The van der Waals surface area contributed by atoms with Crippen LogP contribution in [-0.2, 0) is 6.54 Å². The Morgan fingerprint density at radius 3 is 2.42 bits per heavy atom. The van der Waals surface area contributed by atoms with Crippen LogP contribution < -0.4 is 0 Å². The molecular weight excluding hydrogens is 413 g/mol. The van der Waals surface area contributed by atoms with Crippen LogP contribution >= 0.6 is 0 Å². The van der Waals surface area contributed by atoms with E-state index in [9.17, 15) is 4.39 Å². The molecule has 33 heavy (non-hydrogen) atoms. The molecule has 2 aromatic heterocycles. The third-order valence-corrected chi connectivity index (χ3v) is 6.09. The van der Waals surface area contributed by atoms with Crippen molar-refractivity contribution in [1.82, 2.24) is 24.6 Å². The normalized spacial score (nSPS) is 15.4. The van der Waals surface area contributed by atoms with Gasteiger partial charge in [0.1, 0.15) is 5.82 Å². The van der Waals surface area contributed by atoms with Crippen molar-refractivity contribution < 1.29 is 4.39 Å². The zero-order chi connectivity index (χ0) is 23.2. The first-order chi connectivity index (χ1) is 16.1. The van der Waals surface area contributed by atoms with Crippen LogP contribution in [-0.4, -0.2) is 50.7 Å². The van der Waals surface area contributed by atoms with Gasteiger partial charge in [0.15, 0.2) is 0 Å². The van der Waals surface area contributed by atoms with Gasteiger partial charge in [0.25, 0.3) is 0 Å². The first-order valence-electron chi connectivity index (χ1n) is 11.3. The number of benzene rings is 1. The van der Waals surface area contributed by atoms with E-state index >= 15 is 0 Å². The molecule has 5 nitrogen and oxygen atoms in total. The molecule has 3 heterocycles. The summed E-state index contributed by atoms with van der Waals surface area (Å²) < 4.78 is 15.4. The number of halogens is 1. The number of allylic oxidation sites excluding steroid dienone is 4. The van der Waals surface area contributed by atoms with Gasteiger partial charge in [0.05, 0.1) is 11.9 Å². The van der Waals surface area contributed by atoms with Crippen molar-refractivity contribution in [3.8, 4) is 5.69 Å². The maximum absolute atomic E-state index is 13.4. The van der Waals surface area contributed by atoms with Crippen molar-refractivity contribution in [2.24, 2.45) is 0 Å². The van der Waals surface area contributed by atoms with E-state index < -0.39 is 0 Å². The summed E-state index contributed by atoms with van der Waals surface area (Å²) in [5.74, 6) is -0.231. The summed E-state index contributed by atoms with van der Waals surface area (Å²) in [6.45, 7) is 13.0. The molecule has 0 amide bonds. The quantitative estimate of drug-likeness (QED) is 0.481. The number of hydrogen-bond acceptors (Lipinski definition) is 4. The number of pyridine rings is 1. The van der Waals surface area contributed by atoms with Crippen LogP contribution in [0, 0.1) is 12.7 Å². The van der Waals surface area contributed by atoms with E-state index in [1.807, 2.05) is 54.2 Å². The van der Waals surface area contributed by atoms with Crippen molar-refractivity contribution >= 4 is 5.57 Å². The van der Waals surface area contributed by atoms with Crippen LogP contribution in [0.15, 0.2) is 85.5 Å². The minimum absolute atomic E-state index is 0.231. The number of nitrogens with zero attached hydrogens (tertiary/aromatic N) is 5. The predicted molar refractivity (Wildman–Crippen MR) is 131 cm³/mol. The molecule has 1 fully saturated rings. The van der Waals surface area contributed by atoms with Gasteiger partial charge in [-0.2, -0.15) is 5.10 Å². The van der Waals surface area contributed by atoms with Crippen molar-refractivity contribution in [2.75, 3.05) is 26.2 Å². The molecule has 1 aliphatic rings. The second kappa shape index (κ2) is 10.4. The van der Waals surface area contributed by atoms with Gasteiger partial charge in [-0.05, 0) is 43.7 Å². The molecule has 1 aromatic carbocycles. The Hall–Kier alpha value is -3.51. The molecule has 0 saturated carbocycles. The van der Waals surface area contributed by atoms with Crippen LogP contribution in [0.2, 0.25) is 0 Å². The molecule has 4 rings (SSSR count). The average molecular weight is 444 g/mol. The number of rotatable bonds is 7. The van der Waals surface area contributed by atoms with Gasteiger partial charge < -0.3 is 4.90 Å². The van der Waals surface area contributed by atoms with Crippen LogP contribution in [0.4, 0.5) is 4.39 Å². The lowest BCUT2D eigenvalue weighted by atomic mass is 10.0. The van der Waals surface area contributed by atoms with Crippen LogP contribution in [0.5, 0.6) is 0 Å². The molecule has 170 valence electrons. The van der Waals surface area contributed by atoms with Crippen molar-refractivity contribution in [2.45, 2.75) is 20.4 Å². The largest absolute Gasteiger partial charge is 0.369 e. The van der Waals surface area contributed by atoms with Crippen molar-refractivity contribution in [3.63, 3.8) is 0 Å². The van der Waals surface area contributed by atoms with E-state index in [0.29, 0.717) is 0 Å². The smallest absolute Gasteiger partial charge is 0.123 e. The minimum Gasteiger partial charge on any atom is -0.369 e. The Morgan fingerprint density at radius 1 is 1.06 bits per heavy atom. The number of hydrogen-bond donors (Lipinski definition) is 0. The summed E-state index contributed by atoms with van der Waals surface area (Å²) in [6.07, 6.45) is 11.6. The highest BCUT2D eigenvalue weighted by Gasteiger charge is 2.21. The van der Waals surface area contributed by atoms with Crippen molar-refractivity contribution in [1.29, 1.82) is 0 Å². The summed E-state index contributed by atoms with van der Waals surface area (Å²) in [5, 5.41) is 4.58. The zero-order valence-electron chi connectivity index (χ0n) is 19.3. The highest BCUT2D eigenvalue weighted by Crippen LogP contribution is 2.27. The second-order valence-corrected chi connectivity index (χ2v) is 8.20. The van der Waals surface area contributed by atoms with Gasteiger partial charge in [0, 0.05) is 67.6 Å². The maximum atomic E-state index is 13.4. The SMILES string of the molecule is C=C(/C(=C\C=C/C)c1ccc(F)cc1)N1CCN(Cc2cnn(-c3ccncc3)c2C)CC1. The Kier molecular flexibility index (Phi) is 7.15. The van der Waals surface area contributed by atoms with Gasteiger partial charge in [-0.3, -0.25) is 9.88 Å². The standard InChI is InChI=1S/C27H30FN5/c1-4-5-6-27(23-7-9-25(28)10-8-23)22(3)32-17-15-31(16-18-32)20-24-19-30-33(21(24)2)26-11-13-29-14-12-26/h4-14,19H,3,15-18,20H2,1-2H3/b5-4-,27-6+. The Bertz CT molecular complexity index is 1140. The third kappa shape index (κ3) is 5.29. The molecule has 0 unspecified atom stereocenters. The Morgan fingerprint density at radius 2 is 1.76 bits per heavy atom. The molecule has 6 heteroatoms. The van der Waals surface area contributed by atoms with E-state index in [0.717, 1.165) is 60.9 Å². The first kappa shape index (κ1) is 22.7. The topological polar surface area (TPSA) is 37.2 Å². The van der Waals surface area contributed by atoms with Gasteiger partial charge in [-0.15, -0.1) is 0 Å².